The lowest BCUT2D eigenvalue weighted by Gasteiger charge is -2.14. The summed E-state index contributed by atoms with van der Waals surface area (Å²) in [5.41, 5.74) is 2.64. The molecule has 0 saturated carbocycles. The summed E-state index contributed by atoms with van der Waals surface area (Å²) in [5.74, 6) is 0.546. The molecular weight excluding hydrogens is 257 g/mol. The molecule has 3 rings (SSSR count). The Morgan fingerprint density at radius 3 is 2.85 bits per heavy atom. The second kappa shape index (κ2) is 5.13. The predicted octanol–water partition coefficient (Wildman–Crippen LogP) is 4.17. The van der Waals surface area contributed by atoms with E-state index >= 15 is 0 Å². The van der Waals surface area contributed by atoms with Crippen LogP contribution in [0.2, 0.25) is 0 Å². The molecule has 20 heavy (non-hydrogen) atoms. The summed E-state index contributed by atoms with van der Waals surface area (Å²) in [5, 5.41) is 4.18. The first kappa shape index (κ1) is 12.9. The molecule has 0 radical (unpaired) electrons. The fourth-order valence-electron chi connectivity index (χ4n) is 2.49. The average Bonchev–Trinajstić information content (AvgIpc) is 3.06. The van der Waals surface area contributed by atoms with Crippen LogP contribution in [0, 0.1) is 12.7 Å². The van der Waals surface area contributed by atoms with E-state index in [-0.39, 0.29) is 11.9 Å². The average molecular weight is 273 g/mol. The van der Waals surface area contributed by atoms with E-state index in [0.717, 1.165) is 28.8 Å². The van der Waals surface area contributed by atoms with Crippen LogP contribution in [0.25, 0.3) is 11.0 Å². The Labute approximate surface area is 116 Å². The van der Waals surface area contributed by atoms with Gasteiger partial charge in [-0.2, -0.15) is 0 Å². The molecule has 104 valence electrons. The number of furan rings is 2. The Bertz CT molecular complexity index is 715. The second-order valence-electron chi connectivity index (χ2n) is 4.78. The third-order valence-corrected chi connectivity index (χ3v) is 3.48. The topological polar surface area (TPSA) is 38.3 Å². The van der Waals surface area contributed by atoms with Gasteiger partial charge in [-0.1, -0.05) is 6.92 Å². The molecule has 3 nitrogen and oxygen atoms in total. The summed E-state index contributed by atoms with van der Waals surface area (Å²) < 4.78 is 24.5. The molecule has 0 saturated heterocycles. The van der Waals surface area contributed by atoms with Crippen LogP contribution in [-0.4, -0.2) is 6.54 Å². The van der Waals surface area contributed by atoms with E-state index in [1.165, 1.54) is 12.1 Å². The third-order valence-electron chi connectivity index (χ3n) is 3.48. The summed E-state index contributed by atoms with van der Waals surface area (Å²) in [6.07, 6.45) is 3.33. The lowest BCUT2D eigenvalue weighted by Crippen LogP contribution is -2.21. The Balaban J connectivity index is 2.13. The van der Waals surface area contributed by atoms with Gasteiger partial charge in [0.25, 0.3) is 0 Å². The van der Waals surface area contributed by atoms with Crippen molar-refractivity contribution in [3.05, 3.63) is 59.5 Å². The van der Waals surface area contributed by atoms with Crippen LogP contribution in [0.4, 0.5) is 4.39 Å². The summed E-state index contributed by atoms with van der Waals surface area (Å²) in [6, 6.07) is 6.40. The van der Waals surface area contributed by atoms with Crippen molar-refractivity contribution < 1.29 is 13.2 Å². The minimum absolute atomic E-state index is 0.0887. The maximum atomic E-state index is 13.4. The van der Waals surface area contributed by atoms with Crippen LogP contribution in [0.15, 0.2) is 45.6 Å². The van der Waals surface area contributed by atoms with Gasteiger partial charge in [-0.25, -0.2) is 4.39 Å². The number of aryl methyl sites for hydroxylation is 1. The lowest BCUT2D eigenvalue weighted by molar-refractivity contribution is 0.468. The van der Waals surface area contributed by atoms with Crippen molar-refractivity contribution in [3.8, 4) is 0 Å². The molecule has 3 aromatic rings. The molecular formula is C16H16FNO2. The van der Waals surface area contributed by atoms with E-state index in [0.29, 0.717) is 5.58 Å². The molecule has 1 unspecified atom stereocenters. The molecule has 0 spiro atoms. The van der Waals surface area contributed by atoms with Gasteiger partial charge in [-0.05, 0) is 37.7 Å². The normalized spacial score (nSPS) is 12.9. The molecule has 0 fully saturated rings. The first-order valence-corrected chi connectivity index (χ1v) is 6.64. The number of hydrogen-bond acceptors (Lipinski definition) is 3. The monoisotopic (exact) mass is 273 g/mol. The van der Waals surface area contributed by atoms with E-state index in [1.54, 1.807) is 18.6 Å². The molecule has 1 atom stereocenters. The molecule has 0 aliphatic carbocycles. The third kappa shape index (κ3) is 2.12. The Kier molecular flexibility index (Phi) is 3.32. The van der Waals surface area contributed by atoms with Gasteiger partial charge >= 0.3 is 0 Å². The van der Waals surface area contributed by atoms with E-state index in [9.17, 15) is 4.39 Å². The van der Waals surface area contributed by atoms with Gasteiger partial charge < -0.3 is 14.2 Å². The largest absolute Gasteiger partial charge is 0.472 e. The first-order valence-electron chi connectivity index (χ1n) is 6.64. The van der Waals surface area contributed by atoms with Gasteiger partial charge in [0.05, 0.1) is 18.6 Å². The number of rotatable bonds is 4. The van der Waals surface area contributed by atoms with Crippen molar-refractivity contribution in [2.75, 3.05) is 6.54 Å². The number of fused-ring (bicyclic) bond motifs is 1. The van der Waals surface area contributed by atoms with Gasteiger partial charge in [0.2, 0.25) is 0 Å². The first-order chi connectivity index (χ1) is 9.70. The van der Waals surface area contributed by atoms with Crippen LogP contribution in [0.5, 0.6) is 0 Å². The van der Waals surface area contributed by atoms with Crippen LogP contribution >= 0.6 is 0 Å². The van der Waals surface area contributed by atoms with Crippen molar-refractivity contribution in [1.29, 1.82) is 0 Å². The quantitative estimate of drug-likeness (QED) is 0.775. The Morgan fingerprint density at radius 2 is 2.15 bits per heavy atom. The van der Waals surface area contributed by atoms with Crippen LogP contribution in [0.1, 0.15) is 29.9 Å². The molecule has 1 aromatic carbocycles. The molecule has 2 aromatic heterocycles. The molecule has 4 heteroatoms. The van der Waals surface area contributed by atoms with Crippen molar-refractivity contribution in [3.63, 3.8) is 0 Å². The summed E-state index contributed by atoms with van der Waals surface area (Å²) in [7, 11) is 0. The highest BCUT2D eigenvalue weighted by atomic mass is 19.1. The van der Waals surface area contributed by atoms with E-state index in [1.807, 2.05) is 19.9 Å². The molecule has 0 aliphatic rings. The molecule has 0 aliphatic heterocycles. The van der Waals surface area contributed by atoms with E-state index in [4.69, 9.17) is 8.83 Å². The van der Waals surface area contributed by atoms with Gasteiger partial charge in [0, 0.05) is 16.5 Å². The highest BCUT2D eigenvalue weighted by molar-refractivity contribution is 5.82. The zero-order valence-corrected chi connectivity index (χ0v) is 11.4. The maximum Gasteiger partial charge on any atom is 0.134 e. The van der Waals surface area contributed by atoms with Gasteiger partial charge in [-0.3, -0.25) is 0 Å². The zero-order chi connectivity index (χ0) is 14.1. The molecule has 2 heterocycles. The highest BCUT2D eigenvalue weighted by Gasteiger charge is 2.22. The Hall–Kier alpha value is -2.07. The number of benzene rings is 1. The molecule has 1 N–H and O–H groups in total. The van der Waals surface area contributed by atoms with Gasteiger partial charge in [-0.15, -0.1) is 0 Å². The molecule has 0 bridgehead atoms. The van der Waals surface area contributed by atoms with Gasteiger partial charge in [0.1, 0.15) is 17.2 Å². The molecule has 0 amide bonds. The minimum atomic E-state index is -0.253. The number of halogens is 1. The highest BCUT2D eigenvalue weighted by Crippen LogP contribution is 2.33. The minimum Gasteiger partial charge on any atom is -0.472 e. The van der Waals surface area contributed by atoms with Crippen molar-refractivity contribution >= 4 is 11.0 Å². The smallest absolute Gasteiger partial charge is 0.134 e. The van der Waals surface area contributed by atoms with Crippen LogP contribution in [-0.2, 0) is 0 Å². The lowest BCUT2D eigenvalue weighted by atomic mass is 10.0. The van der Waals surface area contributed by atoms with Crippen LogP contribution < -0.4 is 5.32 Å². The van der Waals surface area contributed by atoms with E-state index < -0.39 is 0 Å². The van der Waals surface area contributed by atoms with Crippen molar-refractivity contribution in [2.24, 2.45) is 0 Å². The maximum absolute atomic E-state index is 13.4. The van der Waals surface area contributed by atoms with Crippen LogP contribution in [0.3, 0.4) is 0 Å². The summed E-state index contributed by atoms with van der Waals surface area (Å²) in [6.45, 7) is 4.77. The fourth-order valence-corrected chi connectivity index (χ4v) is 2.49. The van der Waals surface area contributed by atoms with Crippen molar-refractivity contribution in [2.45, 2.75) is 19.9 Å². The van der Waals surface area contributed by atoms with Crippen molar-refractivity contribution in [1.82, 2.24) is 5.32 Å². The predicted molar refractivity (Wildman–Crippen MR) is 75.1 cm³/mol. The Morgan fingerprint density at radius 1 is 1.30 bits per heavy atom. The number of nitrogens with one attached hydrogen (secondary N) is 1. The SMILES string of the molecule is CCNC(c1ccoc1)c1oc2ccc(F)cc2c1C. The van der Waals surface area contributed by atoms with Gasteiger partial charge in [0.15, 0.2) is 0 Å². The summed E-state index contributed by atoms with van der Waals surface area (Å²) in [4.78, 5) is 0. The second-order valence-corrected chi connectivity index (χ2v) is 4.78. The summed E-state index contributed by atoms with van der Waals surface area (Å²) >= 11 is 0. The fraction of sp³-hybridized carbons (Fsp3) is 0.250. The standard InChI is InChI=1S/C16H16FNO2/c1-3-18-15(11-6-7-19-9-11)16-10(2)13-8-12(17)4-5-14(13)20-16/h4-9,15,18H,3H2,1-2H3. The van der Waals surface area contributed by atoms with E-state index in [2.05, 4.69) is 5.32 Å². The zero-order valence-electron chi connectivity index (χ0n) is 11.4. The number of hydrogen-bond donors (Lipinski definition) is 1.